The Morgan fingerprint density at radius 3 is 2.24 bits per heavy atom. The van der Waals surface area contributed by atoms with Crippen LogP contribution in [0.5, 0.6) is 0 Å². The van der Waals surface area contributed by atoms with Crippen molar-refractivity contribution >= 4 is 16.7 Å². The maximum absolute atomic E-state index is 14.7. The molecule has 1 N–H and O–H groups in total. The molecule has 0 aliphatic heterocycles. The summed E-state index contributed by atoms with van der Waals surface area (Å²) in [4.78, 5) is 26.2. The molecule has 33 heavy (non-hydrogen) atoms. The molecule has 0 bridgehead atoms. The van der Waals surface area contributed by atoms with Gasteiger partial charge in [0, 0.05) is 23.2 Å². The van der Waals surface area contributed by atoms with Gasteiger partial charge in [-0.15, -0.1) is 0 Å². The molecule has 0 aliphatic carbocycles. The number of nitrogens with zero attached hydrogens (tertiary/aromatic N) is 1. The predicted molar refractivity (Wildman–Crippen MR) is 116 cm³/mol. The van der Waals surface area contributed by atoms with E-state index >= 15 is 0 Å². The van der Waals surface area contributed by atoms with Gasteiger partial charge >= 0.3 is 0 Å². The van der Waals surface area contributed by atoms with Crippen LogP contribution >= 0.6 is 0 Å². The number of nitrogens with one attached hydrogen (secondary N) is 1. The second-order valence-corrected chi connectivity index (χ2v) is 7.53. The number of fused-ring (bicyclic) bond motifs is 1. The zero-order chi connectivity index (χ0) is 23.7. The van der Waals surface area contributed by atoms with E-state index in [-0.39, 0.29) is 34.1 Å². The molecule has 1 amide bonds. The van der Waals surface area contributed by atoms with Crippen LogP contribution in [0.2, 0.25) is 0 Å². The molecule has 0 radical (unpaired) electrons. The smallest absolute Gasteiger partial charge is 0.261 e. The Morgan fingerprint density at radius 1 is 0.909 bits per heavy atom. The molecule has 168 valence electrons. The van der Waals surface area contributed by atoms with E-state index in [4.69, 9.17) is 0 Å². The third-order valence-corrected chi connectivity index (χ3v) is 5.46. The maximum Gasteiger partial charge on any atom is 0.261 e. The minimum atomic E-state index is -0.868. The van der Waals surface area contributed by atoms with Crippen molar-refractivity contribution in [2.45, 2.75) is 20.0 Å². The fourth-order valence-electron chi connectivity index (χ4n) is 3.80. The maximum atomic E-state index is 14.7. The highest BCUT2D eigenvalue weighted by molar-refractivity contribution is 6.07. The third-order valence-electron chi connectivity index (χ3n) is 5.46. The first kappa shape index (κ1) is 22.3. The number of benzene rings is 3. The molecule has 4 aromatic rings. The Hall–Kier alpha value is -3.94. The average Bonchev–Trinajstić information content (AvgIpc) is 2.77. The molecule has 0 atom stereocenters. The van der Waals surface area contributed by atoms with Gasteiger partial charge in [0.2, 0.25) is 0 Å². The number of pyridine rings is 1. The number of rotatable bonds is 5. The van der Waals surface area contributed by atoms with Crippen LogP contribution in [-0.2, 0) is 13.1 Å². The molecule has 4 nitrogen and oxygen atoms in total. The first-order chi connectivity index (χ1) is 15.8. The van der Waals surface area contributed by atoms with Crippen LogP contribution in [0, 0.1) is 30.2 Å². The zero-order valence-electron chi connectivity index (χ0n) is 17.5. The average molecular weight is 454 g/mol. The Labute approximate surface area is 186 Å². The van der Waals surface area contributed by atoms with Gasteiger partial charge in [-0.05, 0) is 42.8 Å². The molecule has 8 heteroatoms. The van der Waals surface area contributed by atoms with E-state index in [1.54, 1.807) is 6.07 Å². The quantitative estimate of drug-likeness (QED) is 0.439. The van der Waals surface area contributed by atoms with E-state index in [0.29, 0.717) is 5.56 Å². The van der Waals surface area contributed by atoms with Gasteiger partial charge in [-0.1, -0.05) is 30.3 Å². The highest BCUT2D eigenvalue weighted by atomic mass is 19.1. The van der Waals surface area contributed by atoms with Gasteiger partial charge in [-0.2, -0.15) is 0 Å². The highest BCUT2D eigenvalue weighted by Crippen LogP contribution is 2.23. The monoisotopic (exact) mass is 454 g/mol. The van der Waals surface area contributed by atoms with Crippen LogP contribution in [0.1, 0.15) is 27.2 Å². The lowest BCUT2D eigenvalue weighted by Gasteiger charge is -2.18. The minimum absolute atomic E-state index is 0.0164. The molecule has 4 rings (SSSR count). The molecule has 0 fully saturated rings. The van der Waals surface area contributed by atoms with Crippen molar-refractivity contribution < 1.29 is 22.4 Å². The summed E-state index contributed by atoms with van der Waals surface area (Å²) in [5.41, 5.74) is -0.609. The molecular weight excluding hydrogens is 436 g/mol. The Kier molecular flexibility index (Phi) is 6.00. The second kappa shape index (κ2) is 8.90. The van der Waals surface area contributed by atoms with E-state index < -0.39 is 41.3 Å². The van der Waals surface area contributed by atoms with Crippen LogP contribution in [-0.4, -0.2) is 10.5 Å². The summed E-state index contributed by atoms with van der Waals surface area (Å²) in [5.74, 6) is -3.71. The van der Waals surface area contributed by atoms with Crippen LogP contribution in [0.15, 0.2) is 65.5 Å². The second-order valence-electron chi connectivity index (χ2n) is 7.53. The molecule has 0 saturated carbocycles. The largest absolute Gasteiger partial charge is 0.348 e. The molecule has 1 heterocycles. The summed E-state index contributed by atoms with van der Waals surface area (Å²) in [7, 11) is 0. The van der Waals surface area contributed by atoms with Gasteiger partial charge < -0.3 is 9.88 Å². The van der Waals surface area contributed by atoms with Crippen LogP contribution < -0.4 is 10.9 Å². The van der Waals surface area contributed by atoms with E-state index in [1.165, 1.54) is 43.3 Å². The lowest BCUT2D eigenvalue weighted by molar-refractivity contribution is 0.0951. The van der Waals surface area contributed by atoms with E-state index in [0.717, 1.165) is 22.8 Å². The standard InChI is InChI=1S/C25H18F4N2O2/c1-14-22(24(32)30-12-15-5-2-6-16(26)11-15)17-7-3-10-21(29)23(17)25(33)31(14)13-18-19(27)8-4-9-20(18)28/h2-11H,12-13H2,1H3,(H,30,32). The van der Waals surface area contributed by atoms with Gasteiger partial charge in [-0.3, -0.25) is 9.59 Å². The molecule has 1 aromatic heterocycles. The number of hydrogen-bond donors (Lipinski definition) is 1. The van der Waals surface area contributed by atoms with Crippen LogP contribution in [0.3, 0.4) is 0 Å². The summed E-state index contributed by atoms with van der Waals surface area (Å²) in [6.07, 6.45) is 0. The predicted octanol–water partition coefficient (Wildman–Crippen LogP) is 4.84. The van der Waals surface area contributed by atoms with Gasteiger partial charge in [0.25, 0.3) is 11.5 Å². The minimum Gasteiger partial charge on any atom is -0.348 e. The number of hydrogen-bond acceptors (Lipinski definition) is 2. The van der Waals surface area contributed by atoms with Gasteiger partial charge in [0.15, 0.2) is 0 Å². The lowest BCUT2D eigenvalue weighted by Crippen LogP contribution is -2.31. The fourth-order valence-corrected chi connectivity index (χ4v) is 3.80. The summed E-state index contributed by atoms with van der Waals surface area (Å²) in [6.45, 7) is 0.896. The van der Waals surface area contributed by atoms with Crippen molar-refractivity contribution in [1.82, 2.24) is 9.88 Å². The Morgan fingerprint density at radius 2 is 1.55 bits per heavy atom. The summed E-state index contributed by atoms with van der Waals surface area (Å²) >= 11 is 0. The number of carbonyl (C=O) groups excluding carboxylic acids is 1. The van der Waals surface area contributed by atoms with Gasteiger partial charge in [0.1, 0.15) is 23.3 Å². The topological polar surface area (TPSA) is 51.1 Å². The zero-order valence-corrected chi connectivity index (χ0v) is 17.5. The molecule has 3 aromatic carbocycles. The van der Waals surface area contributed by atoms with E-state index in [9.17, 15) is 27.2 Å². The van der Waals surface area contributed by atoms with Crippen LogP contribution in [0.25, 0.3) is 10.8 Å². The summed E-state index contributed by atoms with van der Waals surface area (Å²) in [5, 5.41) is 2.34. The van der Waals surface area contributed by atoms with Crippen molar-refractivity contribution in [2.24, 2.45) is 0 Å². The summed E-state index contributed by atoms with van der Waals surface area (Å²) in [6, 6.07) is 12.8. The molecule has 0 aliphatic rings. The van der Waals surface area contributed by atoms with Gasteiger partial charge in [-0.25, -0.2) is 17.6 Å². The van der Waals surface area contributed by atoms with Crippen molar-refractivity contribution in [2.75, 3.05) is 0 Å². The van der Waals surface area contributed by atoms with E-state index in [1.807, 2.05) is 0 Å². The first-order valence-electron chi connectivity index (χ1n) is 10.0. The van der Waals surface area contributed by atoms with Crippen molar-refractivity contribution in [1.29, 1.82) is 0 Å². The van der Waals surface area contributed by atoms with Crippen molar-refractivity contribution in [3.63, 3.8) is 0 Å². The molecule has 0 saturated heterocycles. The Bertz CT molecular complexity index is 1430. The summed E-state index contributed by atoms with van der Waals surface area (Å²) < 4.78 is 57.6. The molecule has 0 spiro atoms. The number of carbonyl (C=O) groups is 1. The SMILES string of the molecule is Cc1c(C(=O)NCc2cccc(F)c2)c2cccc(F)c2c(=O)n1Cc1c(F)cccc1F. The van der Waals surface area contributed by atoms with Crippen molar-refractivity contribution in [3.05, 3.63) is 117 Å². The molecule has 0 unspecified atom stereocenters. The first-order valence-corrected chi connectivity index (χ1v) is 10.0. The lowest BCUT2D eigenvalue weighted by atomic mass is 10.0. The fraction of sp³-hybridized carbons (Fsp3) is 0.120. The van der Waals surface area contributed by atoms with Gasteiger partial charge in [0.05, 0.1) is 17.5 Å². The van der Waals surface area contributed by atoms with Crippen LogP contribution in [0.4, 0.5) is 17.6 Å². The normalized spacial score (nSPS) is 11.1. The number of aromatic nitrogens is 1. The molecular formula is C25H18F4N2O2. The van der Waals surface area contributed by atoms with E-state index in [2.05, 4.69) is 5.32 Å². The Balaban J connectivity index is 1.84. The third kappa shape index (κ3) is 4.24. The van der Waals surface area contributed by atoms with Crippen molar-refractivity contribution in [3.8, 4) is 0 Å². The number of halogens is 4. The number of amides is 1. The highest BCUT2D eigenvalue weighted by Gasteiger charge is 2.22.